The predicted octanol–water partition coefficient (Wildman–Crippen LogP) is 13.1. The molecule has 0 amide bonds. The van der Waals surface area contributed by atoms with Gasteiger partial charge in [-0.3, -0.25) is 4.57 Å². The molecule has 0 atom stereocenters. The first-order valence-electron chi connectivity index (χ1n) is 17.4. The van der Waals surface area contributed by atoms with Crippen LogP contribution in [-0.4, -0.2) is 19.1 Å². The van der Waals surface area contributed by atoms with Crippen LogP contribution in [0.25, 0.3) is 107 Å². The molecule has 6 heteroatoms. The van der Waals surface area contributed by atoms with Crippen LogP contribution < -0.4 is 0 Å². The van der Waals surface area contributed by atoms with Gasteiger partial charge in [0, 0.05) is 53.0 Å². The average molecular weight is 699 g/mol. The van der Waals surface area contributed by atoms with Crippen molar-refractivity contribution < 1.29 is 0 Å². The third-order valence-corrected chi connectivity index (χ3v) is 13.0. The predicted molar refractivity (Wildman–Crippen MR) is 222 cm³/mol. The second-order valence-corrected chi connectivity index (χ2v) is 15.5. The number of benzene rings is 7. The molecule has 0 saturated heterocycles. The first-order valence-corrected chi connectivity index (χ1v) is 19.1. The van der Waals surface area contributed by atoms with E-state index in [1.807, 2.05) is 22.7 Å². The molecule has 0 aliphatic heterocycles. The quantitative estimate of drug-likeness (QED) is 0.172. The molecule has 12 aromatic rings. The molecule has 0 radical (unpaired) electrons. The lowest BCUT2D eigenvalue weighted by Gasteiger charge is -2.14. The summed E-state index contributed by atoms with van der Waals surface area (Å²) < 4.78 is 9.83. The van der Waals surface area contributed by atoms with Crippen LogP contribution in [-0.2, 0) is 0 Å². The lowest BCUT2D eigenvalue weighted by atomic mass is 10.0. The van der Waals surface area contributed by atoms with Crippen LogP contribution in [0.1, 0.15) is 0 Å². The Balaban J connectivity index is 1.22. The molecular weight excluding hydrogens is 673 g/mol. The molecule has 0 bridgehead atoms. The standard InChI is InChI=1S/C46H26N4S2/c1-2-13-29(14-3-1)49-36-19-9-6-16-31(36)35-26-28(23-25-37(35)49)40-34-24-22-27-12-4-5-15-30(27)41(34)48-46(47-40)50-42-32-17-7-10-20-38(32)51-44(42)45-43(50)33-18-8-11-21-39(33)52-45/h1-26H. The zero-order valence-electron chi connectivity index (χ0n) is 27.6. The largest absolute Gasteiger partial charge is 0.309 e. The number of nitrogens with zero attached hydrogens (tertiary/aromatic N) is 4. The highest BCUT2D eigenvalue weighted by Gasteiger charge is 2.25. The summed E-state index contributed by atoms with van der Waals surface area (Å²) in [6, 6.07) is 56.6. The second-order valence-electron chi connectivity index (χ2n) is 13.4. The Bertz CT molecular complexity index is 3330. The molecule has 242 valence electrons. The minimum absolute atomic E-state index is 0.692. The number of rotatable bonds is 3. The molecular formula is C46H26N4S2. The van der Waals surface area contributed by atoms with Gasteiger partial charge < -0.3 is 4.57 Å². The van der Waals surface area contributed by atoms with Crippen LogP contribution in [0.4, 0.5) is 0 Å². The van der Waals surface area contributed by atoms with Gasteiger partial charge >= 0.3 is 0 Å². The van der Waals surface area contributed by atoms with Crippen molar-refractivity contribution in [3.63, 3.8) is 0 Å². The highest BCUT2D eigenvalue weighted by molar-refractivity contribution is 7.33. The Morgan fingerprint density at radius 3 is 1.79 bits per heavy atom. The molecule has 0 N–H and O–H groups in total. The van der Waals surface area contributed by atoms with E-state index in [9.17, 15) is 0 Å². The van der Waals surface area contributed by atoms with Crippen molar-refractivity contribution in [2.45, 2.75) is 0 Å². The van der Waals surface area contributed by atoms with E-state index < -0.39 is 0 Å². The monoisotopic (exact) mass is 698 g/mol. The zero-order chi connectivity index (χ0) is 33.9. The van der Waals surface area contributed by atoms with Crippen molar-refractivity contribution >= 4 is 107 Å². The maximum Gasteiger partial charge on any atom is 0.235 e. The van der Waals surface area contributed by atoms with Gasteiger partial charge in [0.05, 0.1) is 42.7 Å². The molecule has 7 aromatic carbocycles. The normalized spacial score (nSPS) is 12.2. The number of thiophene rings is 2. The molecule has 0 aliphatic rings. The highest BCUT2D eigenvalue weighted by atomic mass is 32.1. The Hall–Kier alpha value is -6.34. The average Bonchev–Trinajstić information content (AvgIpc) is 3.94. The zero-order valence-corrected chi connectivity index (χ0v) is 29.2. The summed E-state index contributed by atoms with van der Waals surface area (Å²) in [4.78, 5) is 11.1. The van der Waals surface area contributed by atoms with E-state index in [1.54, 1.807) is 0 Å². The number of para-hydroxylation sites is 2. The third kappa shape index (κ3) is 3.85. The molecule has 0 aliphatic carbocycles. The van der Waals surface area contributed by atoms with Crippen LogP contribution >= 0.6 is 22.7 Å². The van der Waals surface area contributed by atoms with Gasteiger partial charge in [0.15, 0.2) is 0 Å². The van der Waals surface area contributed by atoms with E-state index in [-0.39, 0.29) is 0 Å². The van der Waals surface area contributed by atoms with E-state index in [1.165, 1.54) is 62.4 Å². The SMILES string of the molecule is c1ccc(-n2c3ccccc3c3cc(-c4nc(-n5c6c7ccccc7sc6c6sc7ccccc7c65)nc5c4ccc4ccccc45)ccc32)cc1. The molecule has 12 rings (SSSR count). The van der Waals surface area contributed by atoms with Crippen LogP contribution in [0.3, 0.4) is 0 Å². The Labute approximate surface area is 305 Å². The van der Waals surface area contributed by atoms with Crippen molar-refractivity contribution in [3.05, 3.63) is 158 Å². The van der Waals surface area contributed by atoms with Crippen LogP contribution in [0.15, 0.2) is 158 Å². The number of fused-ring (bicyclic) bond motifs is 13. The lowest BCUT2D eigenvalue weighted by molar-refractivity contribution is 1.02. The fraction of sp³-hybridized carbons (Fsp3) is 0. The molecule has 0 fully saturated rings. The van der Waals surface area contributed by atoms with E-state index >= 15 is 0 Å². The molecule has 0 spiro atoms. The third-order valence-electron chi connectivity index (χ3n) is 10.5. The second kappa shape index (κ2) is 10.6. The van der Waals surface area contributed by atoms with Gasteiger partial charge in [-0.1, -0.05) is 109 Å². The summed E-state index contributed by atoms with van der Waals surface area (Å²) in [6.45, 7) is 0. The van der Waals surface area contributed by atoms with E-state index in [2.05, 4.69) is 167 Å². The summed E-state index contributed by atoms with van der Waals surface area (Å²) >= 11 is 3.73. The topological polar surface area (TPSA) is 35.6 Å². The van der Waals surface area contributed by atoms with Gasteiger partial charge in [0.25, 0.3) is 0 Å². The molecule has 5 aromatic heterocycles. The van der Waals surface area contributed by atoms with Gasteiger partial charge in [-0.25, -0.2) is 9.97 Å². The van der Waals surface area contributed by atoms with E-state index in [0.29, 0.717) is 5.95 Å². The number of hydrogen-bond donors (Lipinski definition) is 0. The number of hydrogen-bond acceptors (Lipinski definition) is 4. The first-order chi connectivity index (χ1) is 25.8. The minimum atomic E-state index is 0.692. The van der Waals surface area contributed by atoms with E-state index in [0.717, 1.165) is 38.6 Å². The van der Waals surface area contributed by atoms with Crippen LogP contribution in [0.5, 0.6) is 0 Å². The van der Waals surface area contributed by atoms with Crippen LogP contribution in [0.2, 0.25) is 0 Å². The van der Waals surface area contributed by atoms with Crippen molar-refractivity contribution in [2.75, 3.05) is 0 Å². The van der Waals surface area contributed by atoms with Crippen molar-refractivity contribution in [1.29, 1.82) is 0 Å². The molecule has 5 heterocycles. The Morgan fingerprint density at radius 1 is 0.423 bits per heavy atom. The Kier molecular flexibility index (Phi) is 5.78. The van der Waals surface area contributed by atoms with E-state index in [4.69, 9.17) is 9.97 Å². The summed E-state index contributed by atoms with van der Waals surface area (Å²) in [6.07, 6.45) is 0. The fourth-order valence-electron chi connectivity index (χ4n) is 8.27. The summed E-state index contributed by atoms with van der Waals surface area (Å²) in [5, 5.41) is 8.20. The minimum Gasteiger partial charge on any atom is -0.309 e. The van der Waals surface area contributed by atoms with Gasteiger partial charge in [-0.2, -0.15) is 0 Å². The van der Waals surface area contributed by atoms with Crippen molar-refractivity contribution in [3.8, 4) is 22.9 Å². The fourth-order valence-corrected chi connectivity index (χ4v) is 10.8. The highest BCUT2D eigenvalue weighted by Crippen LogP contribution is 2.48. The van der Waals surface area contributed by atoms with Gasteiger partial charge in [-0.15, -0.1) is 22.7 Å². The van der Waals surface area contributed by atoms with Crippen LogP contribution in [0, 0.1) is 0 Å². The van der Waals surface area contributed by atoms with Gasteiger partial charge in [0.1, 0.15) is 0 Å². The lowest BCUT2D eigenvalue weighted by Crippen LogP contribution is -2.04. The first kappa shape index (κ1) is 28.4. The number of aromatic nitrogens is 4. The van der Waals surface area contributed by atoms with Gasteiger partial charge in [0.2, 0.25) is 5.95 Å². The summed E-state index contributed by atoms with van der Waals surface area (Å²) in [5.41, 5.74) is 8.82. The molecule has 0 saturated carbocycles. The van der Waals surface area contributed by atoms with Gasteiger partial charge in [-0.05, 0) is 53.9 Å². The van der Waals surface area contributed by atoms with Crippen molar-refractivity contribution in [2.24, 2.45) is 0 Å². The maximum atomic E-state index is 5.60. The smallest absolute Gasteiger partial charge is 0.235 e. The van der Waals surface area contributed by atoms with Crippen molar-refractivity contribution in [1.82, 2.24) is 19.1 Å². The molecule has 0 unspecified atom stereocenters. The maximum absolute atomic E-state index is 5.60. The summed E-state index contributed by atoms with van der Waals surface area (Å²) in [7, 11) is 0. The molecule has 4 nitrogen and oxygen atoms in total. The summed E-state index contributed by atoms with van der Waals surface area (Å²) in [5.74, 6) is 0.692. The Morgan fingerprint density at radius 2 is 1.04 bits per heavy atom. The molecule has 52 heavy (non-hydrogen) atoms.